The molecule has 184 valence electrons. The summed E-state index contributed by atoms with van der Waals surface area (Å²) in [6.07, 6.45) is 0.469. The minimum atomic E-state index is -0.781. The lowest BCUT2D eigenvalue weighted by molar-refractivity contribution is -0.122. The highest BCUT2D eigenvalue weighted by molar-refractivity contribution is 9.10. The summed E-state index contributed by atoms with van der Waals surface area (Å²) in [6.45, 7) is 0.561. The van der Waals surface area contributed by atoms with Crippen LogP contribution >= 0.6 is 43.6 Å². The number of nitrogens with one attached hydrogen (secondary N) is 1. The minimum Gasteiger partial charge on any atom is -0.497 e. The molecule has 1 N–H and O–H groups in total. The van der Waals surface area contributed by atoms with E-state index in [2.05, 4.69) is 49.3 Å². The molecule has 3 aliphatic rings. The number of hydrogen-bond acceptors (Lipinski definition) is 4. The largest absolute Gasteiger partial charge is 0.497 e. The summed E-state index contributed by atoms with van der Waals surface area (Å²) >= 11 is 9.03. The molecular weight excluding hydrogens is 604 g/mol. The average Bonchev–Trinajstić information content (AvgIpc) is 3.17. The lowest BCUT2D eigenvalue weighted by Gasteiger charge is -2.52. The number of fused-ring (bicyclic) bond motifs is 3. The fourth-order valence-electron chi connectivity index (χ4n) is 6.07. The van der Waals surface area contributed by atoms with Crippen molar-refractivity contribution in [3.8, 4) is 5.75 Å². The molecule has 3 aromatic carbocycles. The first-order valence-electron chi connectivity index (χ1n) is 11.9. The zero-order valence-electron chi connectivity index (χ0n) is 19.5. The molecule has 0 bridgehead atoms. The summed E-state index contributed by atoms with van der Waals surface area (Å²) in [5, 5.41) is 3.18. The highest BCUT2D eigenvalue weighted by Crippen LogP contribution is 2.64. The van der Waals surface area contributed by atoms with Gasteiger partial charge in [0.15, 0.2) is 0 Å². The number of thioether (sulfide) groups is 1. The van der Waals surface area contributed by atoms with Crippen LogP contribution in [0, 0.1) is 11.8 Å². The Morgan fingerprint density at radius 3 is 2.50 bits per heavy atom. The van der Waals surface area contributed by atoms with Crippen LogP contribution in [0.5, 0.6) is 5.75 Å². The quantitative estimate of drug-likeness (QED) is 0.357. The van der Waals surface area contributed by atoms with Crippen LogP contribution in [0.25, 0.3) is 0 Å². The number of benzene rings is 3. The fraction of sp³-hybridized carbons (Fsp3) is 0.286. The maximum Gasteiger partial charge on any atom is 0.245 e. The second-order valence-corrected chi connectivity index (χ2v) is 12.6. The zero-order chi connectivity index (χ0) is 25.0. The number of halogens is 2. The van der Waals surface area contributed by atoms with E-state index in [0.717, 1.165) is 42.9 Å². The van der Waals surface area contributed by atoms with Crippen molar-refractivity contribution < 1.29 is 14.3 Å². The van der Waals surface area contributed by atoms with Gasteiger partial charge in [-0.1, -0.05) is 50.1 Å². The Balaban J connectivity index is 1.49. The van der Waals surface area contributed by atoms with E-state index in [1.54, 1.807) is 18.9 Å². The van der Waals surface area contributed by atoms with Crippen molar-refractivity contribution in [2.45, 2.75) is 17.1 Å². The number of anilines is 2. The van der Waals surface area contributed by atoms with Gasteiger partial charge in [0.05, 0.1) is 7.11 Å². The van der Waals surface area contributed by atoms with Gasteiger partial charge < -0.3 is 15.0 Å². The van der Waals surface area contributed by atoms with Gasteiger partial charge in [-0.3, -0.25) is 9.59 Å². The van der Waals surface area contributed by atoms with E-state index in [1.807, 2.05) is 59.5 Å². The van der Waals surface area contributed by atoms with Crippen molar-refractivity contribution in [1.82, 2.24) is 0 Å². The highest BCUT2D eigenvalue weighted by atomic mass is 79.9. The maximum absolute atomic E-state index is 13.9. The molecule has 4 atom stereocenters. The fourth-order valence-corrected chi connectivity index (χ4v) is 9.02. The molecule has 0 saturated carbocycles. The SMILES string of the molecule is COc1ccc(N2C[C@H]3[C@@H](CS[C@]4(C(=O)Nc5cccc(Br)c54)[C@@H]3c3ccc(Br)cc3)CC2=O)cc1. The molecule has 36 heavy (non-hydrogen) atoms. The van der Waals surface area contributed by atoms with Gasteiger partial charge >= 0.3 is 0 Å². The van der Waals surface area contributed by atoms with E-state index in [-0.39, 0.29) is 29.6 Å². The Hall–Kier alpha value is -2.29. The van der Waals surface area contributed by atoms with Crippen LogP contribution in [0.1, 0.15) is 23.5 Å². The molecule has 6 rings (SSSR count). The number of rotatable bonds is 3. The van der Waals surface area contributed by atoms with Crippen LogP contribution in [0.15, 0.2) is 75.7 Å². The van der Waals surface area contributed by atoms with Crippen LogP contribution in [0.2, 0.25) is 0 Å². The van der Waals surface area contributed by atoms with E-state index in [0.29, 0.717) is 13.0 Å². The second-order valence-electron chi connectivity index (χ2n) is 9.52. The molecule has 2 fully saturated rings. The van der Waals surface area contributed by atoms with Gasteiger partial charge in [0.1, 0.15) is 10.5 Å². The number of ether oxygens (including phenoxy) is 1. The summed E-state index contributed by atoms with van der Waals surface area (Å²) in [5.74, 6) is 1.85. The standard InChI is InChI=1S/C28H24Br2N2O3S/c1-35-20-11-9-19(10-12-20)32-14-21-17(13-24(32)33)15-36-28(25(21)16-5-7-18(29)8-6-16)26-22(30)3-2-4-23(26)31-27(28)34/h2-12,17,21,25H,13-15H2,1H3,(H,31,34)/t17-,21+,25-,28-/m1/s1. The Labute approximate surface area is 231 Å². The molecule has 5 nitrogen and oxygen atoms in total. The molecule has 1 spiro atoms. The van der Waals surface area contributed by atoms with Crippen LogP contribution in [-0.2, 0) is 14.3 Å². The Morgan fingerprint density at radius 2 is 1.78 bits per heavy atom. The number of amides is 2. The Kier molecular flexibility index (Phi) is 6.17. The molecule has 0 unspecified atom stereocenters. The molecule has 0 aliphatic carbocycles. The lowest BCUT2D eigenvalue weighted by atomic mass is 9.66. The Bertz CT molecular complexity index is 1350. The van der Waals surface area contributed by atoms with E-state index in [1.165, 1.54) is 0 Å². The first kappa shape index (κ1) is 24.1. The summed E-state index contributed by atoms with van der Waals surface area (Å²) < 4.78 is 6.47. The molecule has 8 heteroatoms. The first-order valence-corrected chi connectivity index (χ1v) is 14.4. The van der Waals surface area contributed by atoms with Gasteiger partial charge in [0.25, 0.3) is 0 Å². The zero-order valence-corrected chi connectivity index (χ0v) is 23.5. The number of nitrogens with zero attached hydrogens (tertiary/aromatic N) is 1. The first-order chi connectivity index (χ1) is 17.4. The van der Waals surface area contributed by atoms with Gasteiger partial charge in [-0.2, -0.15) is 0 Å². The summed E-state index contributed by atoms with van der Waals surface area (Å²) in [4.78, 5) is 29.1. The number of carbonyl (C=O) groups is 2. The molecule has 2 saturated heterocycles. The van der Waals surface area contributed by atoms with E-state index < -0.39 is 4.75 Å². The summed E-state index contributed by atoms with van der Waals surface area (Å²) in [6, 6.07) is 21.9. The van der Waals surface area contributed by atoms with Gasteiger partial charge in [-0.15, -0.1) is 11.8 Å². The predicted octanol–water partition coefficient (Wildman–Crippen LogP) is 6.57. The van der Waals surface area contributed by atoms with Crippen molar-refractivity contribution in [2.24, 2.45) is 11.8 Å². The summed E-state index contributed by atoms with van der Waals surface area (Å²) in [7, 11) is 1.64. The van der Waals surface area contributed by atoms with E-state index in [9.17, 15) is 9.59 Å². The van der Waals surface area contributed by atoms with Crippen molar-refractivity contribution >= 4 is 66.8 Å². The topological polar surface area (TPSA) is 58.6 Å². The third kappa shape index (κ3) is 3.72. The average molecular weight is 628 g/mol. The van der Waals surface area contributed by atoms with Gasteiger partial charge in [-0.05, 0) is 71.7 Å². The molecule has 0 radical (unpaired) electrons. The molecule has 3 heterocycles. The number of hydrogen-bond donors (Lipinski definition) is 1. The maximum atomic E-state index is 13.9. The molecular formula is C28H24Br2N2O3S. The van der Waals surface area contributed by atoms with Crippen molar-refractivity contribution in [2.75, 3.05) is 29.6 Å². The molecule has 3 aliphatic heterocycles. The van der Waals surface area contributed by atoms with Crippen molar-refractivity contribution in [3.05, 3.63) is 86.8 Å². The van der Waals surface area contributed by atoms with Gasteiger partial charge in [0.2, 0.25) is 11.8 Å². The van der Waals surface area contributed by atoms with E-state index in [4.69, 9.17) is 4.74 Å². The third-order valence-electron chi connectivity index (χ3n) is 7.71. The van der Waals surface area contributed by atoms with Crippen LogP contribution in [0.4, 0.5) is 11.4 Å². The van der Waals surface area contributed by atoms with Crippen LogP contribution in [0.3, 0.4) is 0 Å². The third-order valence-corrected chi connectivity index (χ3v) is 10.6. The second kappa shape index (κ2) is 9.23. The normalized spacial score (nSPS) is 27.0. The minimum absolute atomic E-state index is 0.0219. The van der Waals surface area contributed by atoms with E-state index >= 15 is 0 Å². The van der Waals surface area contributed by atoms with Gasteiger partial charge in [-0.25, -0.2) is 0 Å². The number of carbonyl (C=O) groups excluding carboxylic acids is 2. The highest BCUT2D eigenvalue weighted by Gasteiger charge is 2.61. The number of methoxy groups -OCH3 is 1. The monoisotopic (exact) mass is 626 g/mol. The smallest absolute Gasteiger partial charge is 0.245 e. The number of piperidine rings is 1. The Morgan fingerprint density at radius 1 is 1.03 bits per heavy atom. The summed E-state index contributed by atoms with van der Waals surface area (Å²) in [5.41, 5.74) is 3.85. The molecule has 3 aromatic rings. The van der Waals surface area contributed by atoms with Crippen molar-refractivity contribution in [1.29, 1.82) is 0 Å². The van der Waals surface area contributed by atoms with Crippen LogP contribution < -0.4 is 15.0 Å². The van der Waals surface area contributed by atoms with Crippen LogP contribution in [-0.4, -0.2) is 31.2 Å². The molecule has 2 amide bonds. The van der Waals surface area contributed by atoms with Gasteiger partial charge in [0, 0.05) is 44.8 Å². The lowest BCUT2D eigenvalue weighted by Crippen LogP contribution is -2.55. The predicted molar refractivity (Wildman–Crippen MR) is 151 cm³/mol. The van der Waals surface area contributed by atoms with Crippen molar-refractivity contribution in [3.63, 3.8) is 0 Å². The molecule has 0 aromatic heterocycles.